The Hall–Kier alpha value is -1.30. The summed E-state index contributed by atoms with van der Waals surface area (Å²) in [6.07, 6.45) is 3.59. The lowest BCUT2D eigenvalue weighted by Crippen LogP contribution is -2.15. The van der Waals surface area contributed by atoms with Crippen molar-refractivity contribution in [2.45, 2.75) is 39.3 Å². The van der Waals surface area contributed by atoms with Gasteiger partial charge >= 0.3 is 0 Å². The zero-order valence-electron chi connectivity index (χ0n) is 15.1. The lowest BCUT2D eigenvalue weighted by atomic mass is 10.2. The number of nitrogens with one attached hydrogen (secondary N) is 1. The van der Waals surface area contributed by atoms with Gasteiger partial charge in [0.05, 0.1) is 12.1 Å². The largest absolute Gasteiger partial charge is 0.493 e. The Bertz CT molecular complexity index is 707. The molecule has 0 atom stereocenters. The van der Waals surface area contributed by atoms with Crippen LogP contribution in [0.1, 0.15) is 37.3 Å². The van der Waals surface area contributed by atoms with Crippen molar-refractivity contribution in [3.63, 3.8) is 0 Å². The molecule has 0 fully saturated rings. The monoisotopic (exact) mass is 443 g/mol. The number of hydrogen-bond donors (Lipinski definition) is 1. The first kappa shape index (κ1) is 21.0. The van der Waals surface area contributed by atoms with Gasteiger partial charge in [-0.3, -0.25) is 0 Å². The highest BCUT2D eigenvalue weighted by Gasteiger charge is 2.13. The molecule has 6 heteroatoms. The van der Waals surface area contributed by atoms with E-state index >= 15 is 0 Å². The molecule has 0 aromatic heterocycles. The van der Waals surface area contributed by atoms with Gasteiger partial charge in [0.25, 0.3) is 0 Å². The first-order chi connectivity index (χ1) is 12.6. The van der Waals surface area contributed by atoms with Crippen LogP contribution in [0.5, 0.6) is 11.5 Å². The van der Waals surface area contributed by atoms with E-state index in [9.17, 15) is 4.39 Å². The van der Waals surface area contributed by atoms with Crippen molar-refractivity contribution in [3.8, 4) is 11.5 Å². The van der Waals surface area contributed by atoms with Crippen LogP contribution in [-0.4, -0.2) is 13.7 Å². The number of rotatable bonds is 10. The van der Waals surface area contributed by atoms with Gasteiger partial charge in [-0.15, -0.1) is 0 Å². The normalized spacial score (nSPS) is 10.8. The molecule has 2 aromatic rings. The Kier molecular flexibility index (Phi) is 8.69. The molecule has 2 aromatic carbocycles. The van der Waals surface area contributed by atoms with Gasteiger partial charge < -0.3 is 14.8 Å². The zero-order valence-corrected chi connectivity index (χ0v) is 17.4. The van der Waals surface area contributed by atoms with Crippen LogP contribution in [0.15, 0.2) is 34.8 Å². The number of benzene rings is 2. The van der Waals surface area contributed by atoms with Crippen molar-refractivity contribution in [1.82, 2.24) is 5.32 Å². The summed E-state index contributed by atoms with van der Waals surface area (Å²) in [6.45, 7) is 3.93. The molecule has 142 valence electrons. The lowest BCUT2D eigenvalue weighted by Gasteiger charge is -2.15. The third-order valence-corrected chi connectivity index (χ3v) is 5.13. The number of hydrogen-bond acceptors (Lipinski definition) is 3. The number of halogens is 3. The summed E-state index contributed by atoms with van der Waals surface area (Å²) in [6, 6.07) is 8.35. The first-order valence-electron chi connectivity index (χ1n) is 8.69. The summed E-state index contributed by atoms with van der Waals surface area (Å²) in [5.41, 5.74) is 1.41. The van der Waals surface area contributed by atoms with Crippen LogP contribution in [0.2, 0.25) is 5.02 Å². The molecule has 0 radical (unpaired) electrons. The fraction of sp³-hybridized carbons (Fsp3) is 0.400. The van der Waals surface area contributed by atoms with Crippen molar-refractivity contribution >= 4 is 27.5 Å². The van der Waals surface area contributed by atoms with E-state index in [0.29, 0.717) is 22.1 Å². The maximum absolute atomic E-state index is 13.9. The van der Waals surface area contributed by atoms with Crippen molar-refractivity contribution in [3.05, 3.63) is 56.8 Å². The van der Waals surface area contributed by atoms with Crippen molar-refractivity contribution in [2.24, 2.45) is 0 Å². The van der Waals surface area contributed by atoms with E-state index in [0.717, 1.165) is 29.5 Å². The summed E-state index contributed by atoms with van der Waals surface area (Å²) < 4.78 is 26.0. The Morgan fingerprint density at radius 3 is 2.69 bits per heavy atom. The number of unbranched alkanes of at least 4 members (excludes halogenated alkanes) is 2. The molecule has 0 heterocycles. The summed E-state index contributed by atoms with van der Waals surface area (Å²) in [4.78, 5) is 0. The van der Waals surface area contributed by atoms with Gasteiger partial charge in [-0.2, -0.15) is 0 Å². The first-order valence-corrected chi connectivity index (χ1v) is 9.86. The fourth-order valence-corrected chi connectivity index (χ4v) is 3.21. The smallest absolute Gasteiger partial charge is 0.162 e. The average Bonchev–Trinajstić information content (AvgIpc) is 2.62. The molecular weight excluding hydrogens is 421 g/mol. The second kappa shape index (κ2) is 10.8. The lowest BCUT2D eigenvalue weighted by molar-refractivity contribution is 0.279. The standard InChI is InChI=1S/C20H24BrClFNO2/c1-3-4-5-9-24-12-14-10-19(25-2)20(11-16(14)21)26-13-15-17(22)7-6-8-18(15)23/h6-8,10-11,24H,3-5,9,12-13H2,1-2H3. The molecule has 1 N–H and O–H groups in total. The highest BCUT2D eigenvalue weighted by molar-refractivity contribution is 9.10. The Morgan fingerprint density at radius 1 is 1.19 bits per heavy atom. The van der Waals surface area contributed by atoms with Gasteiger partial charge in [0, 0.05) is 16.6 Å². The van der Waals surface area contributed by atoms with E-state index in [1.54, 1.807) is 19.2 Å². The van der Waals surface area contributed by atoms with E-state index in [-0.39, 0.29) is 12.4 Å². The van der Waals surface area contributed by atoms with Crippen LogP contribution in [0.4, 0.5) is 4.39 Å². The third-order valence-electron chi connectivity index (χ3n) is 4.04. The molecular formula is C20H24BrClFNO2. The maximum Gasteiger partial charge on any atom is 0.162 e. The Balaban J connectivity index is 2.06. The van der Waals surface area contributed by atoms with E-state index in [4.69, 9.17) is 21.1 Å². The van der Waals surface area contributed by atoms with Crippen LogP contribution in [0.3, 0.4) is 0 Å². The van der Waals surface area contributed by atoms with Crippen molar-refractivity contribution in [2.75, 3.05) is 13.7 Å². The zero-order chi connectivity index (χ0) is 18.9. The second-order valence-electron chi connectivity index (χ2n) is 5.97. The molecule has 0 amide bonds. The molecule has 0 aliphatic rings. The van der Waals surface area contributed by atoms with Crippen molar-refractivity contribution < 1.29 is 13.9 Å². The molecule has 0 unspecified atom stereocenters. The maximum atomic E-state index is 13.9. The minimum Gasteiger partial charge on any atom is -0.493 e. The van der Waals surface area contributed by atoms with Gasteiger partial charge in [-0.1, -0.05) is 53.4 Å². The average molecular weight is 445 g/mol. The molecule has 3 nitrogen and oxygen atoms in total. The molecule has 0 spiro atoms. The summed E-state index contributed by atoms with van der Waals surface area (Å²) >= 11 is 9.62. The van der Waals surface area contributed by atoms with Gasteiger partial charge in [-0.05, 0) is 42.8 Å². The van der Waals surface area contributed by atoms with Crippen molar-refractivity contribution in [1.29, 1.82) is 0 Å². The highest BCUT2D eigenvalue weighted by atomic mass is 79.9. The minimum atomic E-state index is -0.386. The summed E-state index contributed by atoms with van der Waals surface area (Å²) in [5, 5.41) is 3.77. The molecule has 0 aliphatic heterocycles. The van der Waals surface area contributed by atoms with E-state index in [1.807, 2.05) is 12.1 Å². The van der Waals surface area contributed by atoms with Gasteiger partial charge in [-0.25, -0.2) is 4.39 Å². The van der Waals surface area contributed by atoms with Gasteiger partial charge in [0.15, 0.2) is 11.5 Å². The summed E-state index contributed by atoms with van der Waals surface area (Å²) in [7, 11) is 1.59. The second-order valence-corrected chi connectivity index (χ2v) is 7.23. The Labute approximate surface area is 168 Å². The predicted octanol–water partition coefficient (Wildman–Crippen LogP) is 6.11. The van der Waals surface area contributed by atoms with Gasteiger partial charge in [0.1, 0.15) is 12.4 Å². The number of methoxy groups -OCH3 is 1. The molecule has 0 aliphatic carbocycles. The van der Waals surface area contributed by atoms with E-state index < -0.39 is 0 Å². The molecule has 2 rings (SSSR count). The minimum absolute atomic E-state index is 0.0307. The fourth-order valence-electron chi connectivity index (χ4n) is 2.53. The topological polar surface area (TPSA) is 30.5 Å². The molecule has 0 saturated carbocycles. The van der Waals surface area contributed by atoms with Crippen LogP contribution < -0.4 is 14.8 Å². The summed E-state index contributed by atoms with van der Waals surface area (Å²) in [5.74, 6) is 0.753. The molecule has 0 bridgehead atoms. The van der Waals surface area contributed by atoms with E-state index in [2.05, 4.69) is 28.2 Å². The van der Waals surface area contributed by atoms with Crippen LogP contribution in [-0.2, 0) is 13.2 Å². The predicted molar refractivity (Wildman–Crippen MR) is 108 cm³/mol. The van der Waals surface area contributed by atoms with Crippen LogP contribution in [0.25, 0.3) is 0 Å². The van der Waals surface area contributed by atoms with E-state index in [1.165, 1.54) is 18.9 Å². The molecule has 0 saturated heterocycles. The van der Waals surface area contributed by atoms with Gasteiger partial charge in [0.2, 0.25) is 0 Å². The SMILES string of the molecule is CCCCCNCc1cc(OC)c(OCc2c(F)cccc2Cl)cc1Br. The van der Waals surface area contributed by atoms with Crippen LogP contribution >= 0.6 is 27.5 Å². The van der Waals surface area contributed by atoms with Crippen LogP contribution in [0, 0.1) is 5.82 Å². The highest BCUT2D eigenvalue weighted by Crippen LogP contribution is 2.34. The third kappa shape index (κ3) is 5.86. The molecule has 26 heavy (non-hydrogen) atoms. The quantitative estimate of drug-likeness (QED) is 0.449. The number of ether oxygens (including phenoxy) is 2. The Morgan fingerprint density at radius 2 is 2.00 bits per heavy atom.